The van der Waals surface area contributed by atoms with Crippen LogP contribution in [0.15, 0.2) is 47.6 Å². The summed E-state index contributed by atoms with van der Waals surface area (Å²) in [7, 11) is 0. The van der Waals surface area contributed by atoms with Gasteiger partial charge in [-0.2, -0.15) is 0 Å². The van der Waals surface area contributed by atoms with Crippen molar-refractivity contribution >= 4 is 35.2 Å². The first-order chi connectivity index (χ1) is 15.0. The molecule has 2 aromatic carbocycles. The molecule has 0 aliphatic heterocycles. The third kappa shape index (κ3) is 6.24. The SMILES string of the molecule is CCn1c(NC(=O)CCCOc2c(C)cccc2C)nnc1SCc1ccccc1Cl. The Morgan fingerprint density at radius 1 is 1.13 bits per heavy atom. The Kier molecular flexibility index (Phi) is 8.37. The zero-order valence-electron chi connectivity index (χ0n) is 18.0. The molecule has 1 amide bonds. The van der Waals surface area contributed by atoms with Crippen molar-refractivity contribution in [3.8, 4) is 5.75 Å². The van der Waals surface area contributed by atoms with Gasteiger partial charge < -0.3 is 4.74 Å². The van der Waals surface area contributed by atoms with Gasteiger partial charge in [-0.05, 0) is 49.9 Å². The van der Waals surface area contributed by atoms with E-state index in [2.05, 4.69) is 15.5 Å². The molecular weight excluding hydrogens is 432 g/mol. The van der Waals surface area contributed by atoms with Crippen LogP contribution in [0.1, 0.15) is 36.5 Å². The van der Waals surface area contributed by atoms with Gasteiger partial charge in [0.25, 0.3) is 0 Å². The summed E-state index contributed by atoms with van der Waals surface area (Å²) in [6.45, 7) is 7.18. The lowest BCUT2D eigenvalue weighted by Crippen LogP contribution is -2.16. The molecule has 0 aliphatic carbocycles. The van der Waals surface area contributed by atoms with Gasteiger partial charge in [0.05, 0.1) is 6.61 Å². The molecule has 31 heavy (non-hydrogen) atoms. The number of hydrogen-bond donors (Lipinski definition) is 1. The van der Waals surface area contributed by atoms with Crippen LogP contribution in [-0.2, 0) is 17.1 Å². The first-order valence-electron chi connectivity index (χ1n) is 10.3. The Bertz CT molecular complexity index is 1020. The summed E-state index contributed by atoms with van der Waals surface area (Å²) < 4.78 is 7.77. The van der Waals surface area contributed by atoms with Crippen LogP contribution in [0.25, 0.3) is 0 Å². The molecule has 1 heterocycles. The molecule has 164 valence electrons. The minimum absolute atomic E-state index is 0.102. The maximum atomic E-state index is 12.4. The van der Waals surface area contributed by atoms with Crippen molar-refractivity contribution in [2.24, 2.45) is 0 Å². The van der Waals surface area contributed by atoms with Crippen LogP contribution >= 0.6 is 23.4 Å². The summed E-state index contributed by atoms with van der Waals surface area (Å²) in [5.41, 5.74) is 3.24. The van der Waals surface area contributed by atoms with Crippen LogP contribution in [-0.4, -0.2) is 27.3 Å². The number of amides is 1. The van der Waals surface area contributed by atoms with Crippen molar-refractivity contribution in [3.05, 3.63) is 64.2 Å². The molecular formula is C23H27ClN4O2S. The minimum Gasteiger partial charge on any atom is -0.493 e. The Morgan fingerprint density at radius 2 is 1.87 bits per heavy atom. The molecule has 3 rings (SSSR count). The van der Waals surface area contributed by atoms with Gasteiger partial charge in [-0.25, -0.2) is 0 Å². The van der Waals surface area contributed by atoms with E-state index < -0.39 is 0 Å². The van der Waals surface area contributed by atoms with Gasteiger partial charge in [-0.1, -0.05) is 59.8 Å². The molecule has 0 atom stereocenters. The van der Waals surface area contributed by atoms with Gasteiger partial charge in [0.1, 0.15) is 5.75 Å². The zero-order valence-corrected chi connectivity index (χ0v) is 19.6. The van der Waals surface area contributed by atoms with Gasteiger partial charge >= 0.3 is 0 Å². The number of rotatable bonds is 10. The number of halogens is 1. The predicted molar refractivity (Wildman–Crippen MR) is 126 cm³/mol. The summed E-state index contributed by atoms with van der Waals surface area (Å²) in [5, 5.41) is 12.7. The summed E-state index contributed by atoms with van der Waals surface area (Å²) in [4.78, 5) is 12.4. The molecule has 0 unspecified atom stereocenters. The maximum Gasteiger partial charge on any atom is 0.231 e. The van der Waals surface area contributed by atoms with E-state index in [9.17, 15) is 4.79 Å². The first-order valence-corrected chi connectivity index (χ1v) is 11.6. The summed E-state index contributed by atoms with van der Waals surface area (Å²) in [6, 6.07) is 13.8. The second kappa shape index (κ2) is 11.2. The van der Waals surface area contributed by atoms with Crippen LogP contribution in [0, 0.1) is 13.8 Å². The number of hydrogen-bond acceptors (Lipinski definition) is 5. The highest BCUT2D eigenvalue weighted by Gasteiger charge is 2.14. The van der Waals surface area contributed by atoms with Crippen molar-refractivity contribution in [1.29, 1.82) is 0 Å². The van der Waals surface area contributed by atoms with E-state index in [0.29, 0.717) is 37.7 Å². The lowest BCUT2D eigenvalue weighted by atomic mass is 10.1. The van der Waals surface area contributed by atoms with Gasteiger partial charge in [0.2, 0.25) is 11.9 Å². The number of aryl methyl sites for hydroxylation is 2. The minimum atomic E-state index is -0.102. The van der Waals surface area contributed by atoms with Crippen LogP contribution in [0.3, 0.4) is 0 Å². The highest BCUT2D eigenvalue weighted by molar-refractivity contribution is 7.98. The monoisotopic (exact) mass is 458 g/mol. The second-order valence-electron chi connectivity index (χ2n) is 7.15. The van der Waals surface area contributed by atoms with Crippen molar-refractivity contribution in [2.45, 2.75) is 51.1 Å². The van der Waals surface area contributed by atoms with Crippen LogP contribution in [0.2, 0.25) is 5.02 Å². The van der Waals surface area contributed by atoms with Crippen molar-refractivity contribution in [1.82, 2.24) is 14.8 Å². The molecule has 0 saturated heterocycles. The zero-order chi connectivity index (χ0) is 22.2. The molecule has 8 heteroatoms. The van der Waals surface area contributed by atoms with E-state index >= 15 is 0 Å². The van der Waals surface area contributed by atoms with E-state index in [4.69, 9.17) is 16.3 Å². The van der Waals surface area contributed by atoms with Crippen molar-refractivity contribution in [3.63, 3.8) is 0 Å². The van der Waals surface area contributed by atoms with E-state index in [0.717, 1.165) is 32.6 Å². The number of ether oxygens (including phenoxy) is 1. The maximum absolute atomic E-state index is 12.4. The number of carbonyl (C=O) groups excluding carboxylic acids is 1. The van der Waals surface area contributed by atoms with Crippen LogP contribution in [0.4, 0.5) is 5.95 Å². The average molecular weight is 459 g/mol. The largest absolute Gasteiger partial charge is 0.493 e. The van der Waals surface area contributed by atoms with Gasteiger partial charge in [0, 0.05) is 23.7 Å². The average Bonchev–Trinajstić information content (AvgIpc) is 3.13. The molecule has 1 N–H and O–H groups in total. The van der Waals surface area contributed by atoms with E-state index in [1.807, 2.05) is 67.8 Å². The highest BCUT2D eigenvalue weighted by Crippen LogP contribution is 2.27. The van der Waals surface area contributed by atoms with Crippen molar-refractivity contribution in [2.75, 3.05) is 11.9 Å². The van der Waals surface area contributed by atoms with E-state index in [1.54, 1.807) is 11.8 Å². The molecule has 0 fully saturated rings. The fourth-order valence-corrected chi connectivity index (χ4v) is 4.44. The van der Waals surface area contributed by atoms with E-state index in [1.165, 1.54) is 0 Å². The standard InChI is InChI=1S/C23H27ClN4O2S/c1-4-28-22(26-27-23(28)31-15-18-11-5-6-12-19(18)24)25-20(29)13-8-14-30-21-16(2)9-7-10-17(21)3/h5-7,9-12H,4,8,13-15H2,1-3H3,(H,25,26,29). The van der Waals surface area contributed by atoms with Gasteiger partial charge in [0.15, 0.2) is 5.16 Å². The fraction of sp³-hybridized carbons (Fsp3) is 0.348. The molecule has 1 aromatic heterocycles. The molecule has 0 aliphatic rings. The molecule has 0 radical (unpaired) electrons. The number of nitrogens with zero attached hydrogens (tertiary/aromatic N) is 3. The Balaban J connectivity index is 1.50. The first kappa shape index (κ1) is 23.2. The lowest BCUT2D eigenvalue weighted by Gasteiger charge is -2.12. The van der Waals surface area contributed by atoms with Crippen LogP contribution < -0.4 is 10.1 Å². The van der Waals surface area contributed by atoms with Gasteiger partial charge in [-0.15, -0.1) is 10.2 Å². The number of thioether (sulfide) groups is 1. The Hall–Kier alpha value is -2.51. The molecule has 0 bridgehead atoms. The summed E-state index contributed by atoms with van der Waals surface area (Å²) in [6.07, 6.45) is 0.970. The lowest BCUT2D eigenvalue weighted by molar-refractivity contribution is -0.116. The van der Waals surface area contributed by atoms with Crippen LogP contribution in [0.5, 0.6) is 5.75 Å². The smallest absolute Gasteiger partial charge is 0.231 e. The van der Waals surface area contributed by atoms with Gasteiger partial charge in [-0.3, -0.25) is 14.7 Å². The quantitative estimate of drug-likeness (QED) is 0.313. The Labute approximate surface area is 192 Å². The molecule has 0 saturated carbocycles. The number of benzene rings is 2. The third-order valence-corrected chi connectivity index (χ3v) is 6.19. The third-order valence-electron chi connectivity index (χ3n) is 4.80. The topological polar surface area (TPSA) is 69.0 Å². The van der Waals surface area contributed by atoms with Crippen molar-refractivity contribution < 1.29 is 9.53 Å². The number of aromatic nitrogens is 3. The molecule has 6 nitrogen and oxygen atoms in total. The highest BCUT2D eigenvalue weighted by atomic mass is 35.5. The number of nitrogens with one attached hydrogen (secondary N) is 1. The molecule has 0 spiro atoms. The van der Waals surface area contributed by atoms with E-state index in [-0.39, 0.29) is 5.91 Å². The normalized spacial score (nSPS) is 10.8. The number of carbonyl (C=O) groups is 1. The fourth-order valence-electron chi connectivity index (χ4n) is 3.15. The predicted octanol–water partition coefficient (Wildman–Crippen LogP) is 5.66. The summed E-state index contributed by atoms with van der Waals surface area (Å²) in [5.74, 6) is 1.94. The number of anilines is 1. The second-order valence-corrected chi connectivity index (χ2v) is 8.50. The number of para-hydroxylation sites is 1. The molecule has 3 aromatic rings. The summed E-state index contributed by atoms with van der Waals surface area (Å²) >= 11 is 7.77. The Morgan fingerprint density at radius 3 is 2.58 bits per heavy atom.